The quantitative estimate of drug-likeness (QED) is 0.0632. The van der Waals surface area contributed by atoms with E-state index in [1.165, 1.54) is 25.7 Å². The van der Waals surface area contributed by atoms with Crippen molar-refractivity contribution in [2.45, 2.75) is 90.5 Å². The Morgan fingerprint density at radius 1 is 0.764 bits per heavy atom. The fourth-order valence-corrected chi connectivity index (χ4v) is 6.39. The number of rotatable bonds is 19. The van der Waals surface area contributed by atoms with Crippen molar-refractivity contribution in [3.63, 3.8) is 0 Å². The van der Waals surface area contributed by atoms with Gasteiger partial charge in [0.05, 0.1) is 19.1 Å². The van der Waals surface area contributed by atoms with Crippen LogP contribution in [0.4, 0.5) is 0 Å². The zero-order valence-electron chi connectivity index (χ0n) is 32.3. The van der Waals surface area contributed by atoms with Crippen LogP contribution in [0.1, 0.15) is 106 Å². The zero-order chi connectivity index (χ0) is 39.2. The smallest absolute Gasteiger partial charge is 0.305 e. The van der Waals surface area contributed by atoms with Gasteiger partial charge in [-0.05, 0) is 58.7 Å². The average molecular weight is 741 g/mol. The monoisotopic (exact) mass is 740 g/mol. The van der Waals surface area contributed by atoms with Crippen LogP contribution in [0, 0.1) is 5.92 Å². The van der Waals surface area contributed by atoms with Gasteiger partial charge in [0.2, 0.25) is 5.91 Å². The van der Waals surface area contributed by atoms with Crippen molar-refractivity contribution in [1.29, 1.82) is 0 Å². The second-order valence-corrected chi connectivity index (χ2v) is 15.1. The van der Waals surface area contributed by atoms with Crippen molar-refractivity contribution in [3.8, 4) is 28.3 Å². The van der Waals surface area contributed by atoms with Gasteiger partial charge in [-0.25, -0.2) is 9.97 Å². The Morgan fingerprint density at radius 2 is 1.44 bits per heavy atom. The fraction of sp³-hybridized carbons (Fsp3) is 0.348. The van der Waals surface area contributed by atoms with Crippen molar-refractivity contribution in [2.24, 2.45) is 5.92 Å². The van der Waals surface area contributed by atoms with Crippen LogP contribution in [0.15, 0.2) is 110 Å². The second-order valence-electron chi connectivity index (χ2n) is 15.1. The van der Waals surface area contributed by atoms with E-state index < -0.39 is 23.8 Å². The molecule has 55 heavy (non-hydrogen) atoms. The molecule has 0 saturated carbocycles. The summed E-state index contributed by atoms with van der Waals surface area (Å²) in [4.78, 5) is 52.6. The SMILES string of the molecule is CCCCCCCOc1ccc(-c2cnc(-c3ccc(C[C@H](CC(=O)c4ccc(C(C)(C)C)cc4)C(=O)NC(CC(=O)O)c4cccnc4)cc3)nc2)cc1. The van der Waals surface area contributed by atoms with Gasteiger partial charge in [0.25, 0.3) is 0 Å². The normalized spacial score (nSPS) is 12.4. The van der Waals surface area contributed by atoms with Crippen molar-refractivity contribution >= 4 is 17.7 Å². The van der Waals surface area contributed by atoms with Gasteiger partial charge in [0.1, 0.15) is 5.75 Å². The number of carbonyl (C=O) groups excluding carboxylic acids is 2. The molecule has 0 radical (unpaired) electrons. The summed E-state index contributed by atoms with van der Waals surface area (Å²) in [6, 6.07) is 25.7. The van der Waals surface area contributed by atoms with E-state index >= 15 is 0 Å². The zero-order valence-corrected chi connectivity index (χ0v) is 32.3. The summed E-state index contributed by atoms with van der Waals surface area (Å²) >= 11 is 0. The maximum Gasteiger partial charge on any atom is 0.305 e. The molecule has 1 unspecified atom stereocenters. The Morgan fingerprint density at radius 3 is 2.05 bits per heavy atom. The van der Waals surface area contributed by atoms with Crippen molar-refractivity contribution in [3.05, 3.63) is 132 Å². The summed E-state index contributed by atoms with van der Waals surface area (Å²) in [6.07, 6.45) is 12.6. The van der Waals surface area contributed by atoms with Gasteiger partial charge in [0.15, 0.2) is 11.6 Å². The van der Waals surface area contributed by atoms with E-state index in [-0.39, 0.29) is 30.5 Å². The first-order valence-corrected chi connectivity index (χ1v) is 19.2. The van der Waals surface area contributed by atoms with Crippen LogP contribution < -0.4 is 10.1 Å². The first-order valence-electron chi connectivity index (χ1n) is 19.2. The predicted molar refractivity (Wildman–Crippen MR) is 216 cm³/mol. The predicted octanol–water partition coefficient (Wildman–Crippen LogP) is 9.62. The Labute approximate surface area is 324 Å². The molecule has 2 N–H and O–H groups in total. The number of pyridine rings is 1. The molecule has 0 fully saturated rings. The molecule has 0 aliphatic carbocycles. The van der Waals surface area contributed by atoms with Crippen LogP contribution in [0.2, 0.25) is 0 Å². The summed E-state index contributed by atoms with van der Waals surface area (Å²) < 4.78 is 5.91. The van der Waals surface area contributed by atoms with E-state index in [4.69, 9.17) is 4.74 Å². The number of nitrogens with zero attached hydrogens (tertiary/aromatic N) is 3. The number of ketones is 1. The number of amides is 1. The fourth-order valence-electron chi connectivity index (χ4n) is 6.39. The molecule has 0 bridgehead atoms. The molecule has 1 amide bonds. The number of nitrogens with one attached hydrogen (secondary N) is 1. The molecular weight excluding hydrogens is 689 g/mol. The molecule has 0 aliphatic heterocycles. The minimum absolute atomic E-state index is 0.0496. The molecule has 9 heteroatoms. The number of carbonyl (C=O) groups is 3. The molecule has 0 spiro atoms. The third kappa shape index (κ3) is 12.2. The number of carboxylic acid groups (broad SMARTS) is 1. The minimum Gasteiger partial charge on any atom is -0.494 e. The Kier molecular flexibility index (Phi) is 14.4. The van der Waals surface area contributed by atoms with E-state index in [9.17, 15) is 19.5 Å². The van der Waals surface area contributed by atoms with Gasteiger partial charge in [-0.15, -0.1) is 0 Å². The summed E-state index contributed by atoms with van der Waals surface area (Å²) in [7, 11) is 0. The first-order chi connectivity index (χ1) is 26.5. The van der Waals surface area contributed by atoms with E-state index in [0.29, 0.717) is 17.0 Å². The molecule has 2 atom stereocenters. The molecule has 0 aliphatic rings. The molecule has 5 rings (SSSR count). The number of hydrogen-bond acceptors (Lipinski definition) is 7. The van der Waals surface area contributed by atoms with Gasteiger partial charge < -0.3 is 15.2 Å². The minimum atomic E-state index is -1.06. The lowest BCUT2D eigenvalue weighted by Gasteiger charge is -2.22. The molecule has 2 heterocycles. The van der Waals surface area contributed by atoms with Crippen LogP contribution in [0.3, 0.4) is 0 Å². The lowest BCUT2D eigenvalue weighted by molar-refractivity contribution is -0.138. The summed E-state index contributed by atoms with van der Waals surface area (Å²) in [6.45, 7) is 9.27. The Hall–Kier alpha value is -5.70. The number of carboxylic acids is 1. The number of hydrogen-bond donors (Lipinski definition) is 2. The average Bonchev–Trinajstić information content (AvgIpc) is 3.19. The van der Waals surface area contributed by atoms with E-state index in [1.807, 2.05) is 72.8 Å². The van der Waals surface area contributed by atoms with Crippen LogP contribution in [0.5, 0.6) is 5.75 Å². The largest absolute Gasteiger partial charge is 0.494 e. The van der Waals surface area contributed by atoms with Crippen LogP contribution in [-0.4, -0.2) is 44.3 Å². The molecular formula is C46H52N4O5. The second kappa shape index (κ2) is 19.6. The highest BCUT2D eigenvalue weighted by Gasteiger charge is 2.27. The molecule has 0 saturated heterocycles. The maximum absolute atomic E-state index is 13.9. The number of ether oxygens (including phenoxy) is 1. The lowest BCUT2D eigenvalue weighted by Crippen LogP contribution is -2.37. The van der Waals surface area contributed by atoms with Gasteiger partial charge in [-0.2, -0.15) is 0 Å². The summed E-state index contributed by atoms with van der Waals surface area (Å²) in [5, 5.41) is 12.5. The van der Waals surface area contributed by atoms with Gasteiger partial charge in [0, 0.05) is 53.8 Å². The third-order valence-electron chi connectivity index (χ3n) is 9.71. The number of aliphatic carboxylic acids is 1. The van der Waals surface area contributed by atoms with Crippen LogP contribution >= 0.6 is 0 Å². The molecule has 9 nitrogen and oxygen atoms in total. The highest BCUT2D eigenvalue weighted by atomic mass is 16.5. The highest BCUT2D eigenvalue weighted by Crippen LogP contribution is 2.27. The number of Topliss-reactive ketones (excluding diaryl/α,β-unsaturated/α-hetero) is 1. The van der Waals surface area contributed by atoms with E-state index in [2.05, 4.69) is 48.0 Å². The van der Waals surface area contributed by atoms with Gasteiger partial charge in [-0.1, -0.05) is 120 Å². The highest BCUT2D eigenvalue weighted by molar-refractivity contribution is 5.98. The summed E-state index contributed by atoms with van der Waals surface area (Å²) in [5.41, 5.74) is 5.68. The number of aromatic nitrogens is 3. The van der Waals surface area contributed by atoms with E-state index in [1.54, 1.807) is 36.9 Å². The topological polar surface area (TPSA) is 131 Å². The maximum atomic E-state index is 13.9. The number of benzene rings is 3. The van der Waals surface area contributed by atoms with Gasteiger partial charge >= 0.3 is 5.97 Å². The molecule has 5 aromatic rings. The van der Waals surface area contributed by atoms with Crippen LogP contribution in [0.25, 0.3) is 22.5 Å². The van der Waals surface area contributed by atoms with Gasteiger partial charge in [-0.3, -0.25) is 19.4 Å². The number of unbranched alkanes of at least 4 members (excludes halogenated alkanes) is 4. The Balaban J connectivity index is 1.27. The third-order valence-corrected chi connectivity index (χ3v) is 9.71. The van der Waals surface area contributed by atoms with E-state index in [0.717, 1.165) is 46.6 Å². The van der Waals surface area contributed by atoms with Crippen LogP contribution in [-0.2, 0) is 21.4 Å². The summed E-state index contributed by atoms with van der Waals surface area (Å²) in [5.74, 6) is -0.968. The van der Waals surface area contributed by atoms with Crippen molar-refractivity contribution < 1.29 is 24.2 Å². The standard InChI is InChI=1S/C46H52N4O5/c1-5-6-7-8-9-25-55-40-22-18-33(19-23-40)38-30-48-44(49-31-38)35-14-12-32(13-15-35)26-37(27-42(51)34-16-20-39(21-17-34)46(2,3)4)45(54)50-41(28-43(52)53)36-11-10-24-47-29-36/h10-24,29-31,37,41H,5-9,25-28H2,1-4H3,(H,50,54)(H,52,53)/t37-,41?/m1/s1. The van der Waals surface area contributed by atoms with Crippen molar-refractivity contribution in [2.75, 3.05) is 6.61 Å². The molecule has 2 aromatic heterocycles. The molecule has 3 aromatic carbocycles. The molecule has 286 valence electrons. The first kappa shape index (κ1) is 40.5. The lowest BCUT2D eigenvalue weighted by atomic mass is 9.85. The van der Waals surface area contributed by atoms with Crippen molar-refractivity contribution in [1.82, 2.24) is 20.3 Å². The Bertz CT molecular complexity index is 1970.